The molecule has 0 spiro atoms. The molecule has 0 aromatic rings. The number of hydrogen-bond donors (Lipinski definition) is 6. The molecule has 7 nitrogen and oxygen atoms in total. The molecule has 0 bridgehead atoms. The Hall–Kier alpha value is -0.930. The zero-order valence-corrected chi connectivity index (χ0v) is 10.7. The first kappa shape index (κ1) is 16.1. The highest BCUT2D eigenvalue weighted by molar-refractivity contribution is 7.80. The number of nitrogens with one attached hydrogen (secondary N) is 2. The van der Waals surface area contributed by atoms with Crippen molar-refractivity contribution in [3.05, 3.63) is 0 Å². The van der Waals surface area contributed by atoms with Gasteiger partial charge in [0.05, 0.1) is 6.54 Å². The van der Waals surface area contributed by atoms with E-state index in [4.69, 9.17) is 10.8 Å². The van der Waals surface area contributed by atoms with Gasteiger partial charge < -0.3 is 21.5 Å². The van der Waals surface area contributed by atoms with Crippen LogP contribution in [-0.4, -0.2) is 53.0 Å². The van der Waals surface area contributed by atoms with Crippen molar-refractivity contribution in [2.75, 3.05) is 18.1 Å². The summed E-state index contributed by atoms with van der Waals surface area (Å²) in [7, 11) is 0. The Bertz CT molecular complexity index is 300. The van der Waals surface area contributed by atoms with Crippen LogP contribution in [-0.2, 0) is 14.4 Å². The zero-order valence-electron chi connectivity index (χ0n) is 8.92. The van der Waals surface area contributed by atoms with Crippen LogP contribution in [0.1, 0.15) is 0 Å². The molecule has 0 heterocycles. The van der Waals surface area contributed by atoms with Gasteiger partial charge in [0, 0.05) is 11.5 Å². The van der Waals surface area contributed by atoms with Crippen molar-refractivity contribution in [3.63, 3.8) is 0 Å². The summed E-state index contributed by atoms with van der Waals surface area (Å²) in [5.41, 5.74) is 5.08. The Kier molecular flexibility index (Phi) is 7.75. The molecule has 5 N–H and O–H groups in total. The van der Waals surface area contributed by atoms with E-state index in [0.29, 0.717) is 0 Å². The summed E-state index contributed by atoms with van der Waals surface area (Å²) < 4.78 is 0. The number of hydrogen-bond acceptors (Lipinski definition) is 6. The molecule has 0 aromatic heterocycles. The highest BCUT2D eigenvalue weighted by atomic mass is 32.1. The van der Waals surface area contributed by atoms with E-state index in [-0.39, 0.29) is 18.1 Å². The number of carbonyl (C=O) groups is 3. The van der Waals surface area contributed by atoms with Crippen molar-refractivity contribution < 1.29 is 19.5 Å². The lowest BCUT2D eigenvalue weighted by Crippen LogP contribution is -2.53. The molecule has 0 rings (SSSR count). The quantitative estimate of drug-likeness (QED) is 0.297. The van der Waals surface area contributed by atoms with Crippen molar-refractivity contribution in [3.8, 4) is 0 Å². The molecule has 9 heteroatoms. The van der Waals surface area contributed by atoms with Gasteiger partial charge in [-0.15, -0.1) is 0 Å². The molecule has 0 aliphatic carbocycles. The maximum Gasteiger partial charge on any atom is 0.327 e. The zero-order chi connectivity index (χ0) is 13.4. The first-order valence-electron chi connectivity index (χ1n) is 4.70. The fourth-order valence-corrected chi connectivity index (χ4v) is 1.41. The molecule has 0 saturated carbocycles. The van der Waals surface area contributed by atoms with E-state index < -0.39 is 29.9 Å². The summed E-state index contributed by atoms with van der Waals surface area (Å²) in [5, 5.41) is 13.3. The highest BCUT2D eigenvalue weighted by Gasteiger charge is 2.24. The van der Waals surface area contributed by atoms with Gasteiger partial charge in [-0.05, 0) is 0 Å². The fourth-order valence-electron chi connectivity index (χ4n) is 0.905. The smallest absolute Gasteiger partial charge is 0.327 e. The number of rotatable bonds is 7. The second kappa shape index (κ2) is 8.20. The van der Waals surface area contributed by atoms with Crippen molar-refractivity contribution in [2.45, 2.75) is 12.1 Å². The van der Waals surface area contributed by atoms with Gasteiger partial charge >= 0.3 is 5.97 Å². The van der Waals surface area contributed by atoms with Crippen LogP contribution in [0.4, 0.5) is 0 Å². The van der Waals surface area contributed by atoms with Gasteiger partial charge in [0.1, 0.15) is 12.1 Å². The SMILES string of the molecule is NCC(=O)N[C@@H](CS)C(=O)N[C@@H](CS)C(=O)O. The van der Waals surface area contributed by atoms with Gasteiger partial charge in [0.25, 0.3) is 0 Å². The largest absolute Gasteiger partial charge is 0.480 e. The minimum Gasteiger partial charge on any atom is -0.480 e. The molecule has 0 aromatic carbocycles. The molecule has 0 saturated heterocycles. The maximum absolute atomic E-state index is 11.6. The van der Waals surface area contributed by atoms with Crippen molar-refractivity contribution in [2.24, 2.45) is 5.73 Å². The molecule has 2 amide bonds. The highest BCUT2D eigenvalue weighted by Crippen LogP contribution is 1.93. The Morgan fingerprint density at radius 3 is 2.00 bits per heavy atom. The van der Waals surface area contributed by atoms with Crippen molar-refractivity contribution in [1.29, 1.82) is 0 Å². The molecule has 0 aliphatic heterocycles. The van der Waals surface area contributed by atoms with Gasteiger partial charge in [-0.1, -0.05) is 0 Å². The van der Waals surface area contributed by atoms with Crippen LogP contribution in [0.3, 0.4) is 0 Å². The van der Waals surface area contributed by atoms with Crippen LogP contribution in [0.15, 0.2) is 0 Å². The Labute approximate surface area is 109 Å². The van der Waals surface area contributed by atoms with E-state index in [0.717, 1.165) is 0 Å². The second-order valence-corrected chi connectivity index (χ2v) is 3.82. The second-order valence-electron chi connectivity index (χ2n) is 3.09. The number of carboxylic acids is 1. The molecule has 2 atom stereocenters. The van der Waals surface area contributed by atoms with Crippen LogP contribution in [0, 0.1) is 0 Å². The first-order valence-corrected chi connectivity index (χ1v) is 5.97. The molecular formula is C8H15N3O4S2. The molecule has 0 radical (unpaired) electrons. The lowest BCUT2D eigenvalue weighted by Gasteiger charge is -2.18. The average Bonchev–Trinajstić information content (AvgIpc) is 2.31. The lowest BCUT2D eigenvalue weighted by atomic mass is 10.2. The third-order valence-electron chi connectivity index (χ3n) is 1.82. The van der Waals surface area contributed by atoms with Gasteiger partial charge in [0.15, 0.2) is 0 Å². The van der Waals surface area contributed by atoms with Gasteiger partial charge in [0.2, 0.25) is 11.8 Å². The Morgan fingerprint density at radius 1 is 1.12 bits per heavy atom. The van der Waals surface area contributed by atoms with E-state index in [1.54, 1.807) is 0 Å². The molecule has 0 aliphatic rings. The predicted molar refractivity (Wildman–Crippen MR) is 68.3 cm³/mol. The summed E-state index contributed by atoms with van der Waals surface area (Å²) >= 11 is 7.68. The molecule has 17 heavy (non-hydrogen) atoms. The minimum atomic E-state index is -1.20. The summed E-state index contributed by atoms with van der Waals surface area (Å²) in [6, 6.07) is -2.03. The summed E-state index contributed by atoms with van der Waals surface area (Å²) in [5.74, 6) is -2.36. The van der Waals surface area contributed by atoms with E-state index in [1.165, 1.54) is 0 Å². The predicted octanol–water partition coefficient (Wildman–Crippen LogP) is -2.14. The number of amides is 2. The van der Waals surface area contributed by atoms with Gasteiger partial charge in [-0.25, -0.2) is 4.79 Å². The first-order chi connectivity index (χ1) is 7.96. The third kappa shape index (κ3) is 5.80. The van der Waals surface area contributed by atoms with Crippen molar-refractivity contribution in [1.82, 2.24) is 10.6 Å². The Morgan fingerprint density at radius 2 is 1.65 bits per heavy atom. The standard InChI is InChI=1S/C8H15N3O4S2/c9-1-6(12)10-4(2-16)7(13)11-5(3-17)8(14)15/h4-5,16-17H,1-3,9H2,(H,10,12)(H,11,13)(H,14,15)/t4-,5-/m0/s1. The van der Waals surface area contributed by atoms with Crippen LogP contribution < -0.4 is 16.4 Å². The van der Waals surface area contributed by atoms with Gasteiger partial charge in [-0.2, -0.15) is 25.3 Å². The lowest BCUT2D eigenvalue weighted by molar-refractivity contribution is -0.141. The third-order valence-corrected chi connectivity index (χ3v) is 2.55. The van der Waals surface area contributed by atoms with Crippen LogP contribution in [0.5, 0.6) is 0 Å². The average molecular weight is 281 g/mol. The number of nitrogens with two attached hydrogens (primary N) is 1. The van der Waals surface area contributed by atoms with Gasteiger partial charge in [-0.3, -0.25) is 9.59 Å². The van der Waals surface area contributed by atoms with Crippen LogP contribution >= 0.6 is 25.3 Å². The topological polar surface area (TPSA) is 122 Å². The summed E-state index contributed by atoms with van der Waals surface area (Å²) in [6.07, 6.45) is 0. The number of carboxylic acid groups (broad SMARTS) is 1. The van der Waals surface area contributed by atoms with Crippen molar-refractivity contribution >= 4 is 43.0 Å². The Balaban J connectivity index is 4.43. The van der Waals surface area contributed by atoms with E-state index in [9.17, 15) is 14.4 Å². The monoisotopic (exact) mass is 281 g/mol. The fraction of sp³-hybridized carbons (Fsp3) is 0.625. The minimum absolute atomic E-state index is 0.0382. The molecule has 0 unspecified atom stereocenters. The normalized spacial score (nSPS) is 13.6. The molecule has 0 fully saturated rings. The maximum atomic E-state index is 11.6. The molecule has 98 valence electrons. The molecular weight excluding hydrogens is 266 g/mol. The van der Waals surface area contributed by atoms with E-state index in [1.807, 2.05) is 0 Å². The summed E-state index contributed by atoms with van der Waals surface area (Å²) in [6.45, 7) is -0.257. The number of carbonyl (C=O) groups excluding carboxylic acids is 2. The van der Waals surface area contributed by atoms with E-state index in [2.05, 4.69) is 35.9 Å². The summed E-state index contributed by atoms with van der Waals surface area (Å²) in [4.78, 5) is 33.2. The van der Waals surface area contributed by atoms with Crippen LogP contribution in [0.2, 0.25) is 0 Å². The van der Waals surface area contributed by atoms with Crippen LogP contribution in [0.25, 0.3) is 0 Å². The number of thiol groups is 2. The number of aliphatic carboxylic acids is 1. The van der Waals surface area contributed by atoms with E-state index >= 15 is 0 Å².